The normalized spacial score (nSPS) is 28.1. The van der Waals surface area contributed by atoms with Crippen LogP contribution in [0.1, 0.15) is 18.5 Å². The van der Waals surface area contributed by atoms with Gasteiger partial charge < -0.3 is 9.80 Å². The van der Waals surface area contributed by atoms with Crippen molar-refractivity contribution in [2.24, 2.45) is 0 Å². The summed E-state index contributed by atoms with van der Waals surface area (Å²) in [4.78, 5) is 9.24. The molecule has 0 spiro atoms. The monoisotopic (exact) mass is 228 g/mol. The first-order valence-corrected chi connectivity index (χ1v) is 6.12. The summed E-state index contributed by atoms with van der Waals surface area (Å²) in [7, 11) is 2.18. The summed E-state index contributed by atoms with van der Waals surface area (Å²) in [6, 6.07) is 8.98. The molecule has 88 valence electrons. The number of likely N-dealkylation sites (N-methyl/N-ethyl adjacent to an activating group) is 1. The Morgan fingerprint density at radius 1 is 1.29 bits per heavy atom. The summed E-state index contributed by atoms with van der Waals surface area (Å²) in [5.74, 6) is 0.977. The third-order valence-electron chi connectivity index (χ3n) is 3.78. The number of aromatic nitrogens is 1. The highest BCUT2D eigenvalue weighted by atomic mass is 15.3. The van der Waals surface area contributed by atoms with Crippen LogP contribution in [0.15, 0.2) is 18.2 Å². The van der Waals surface area contributed by atoms with E-state index in [0.717, 1.165) is 18.9 Å². The van der Waals surface area contributed by atoms with E-state index in [1.165, 1.54) is 12.8 Å². The lowest BCUT2D eigenvalue weighted by atomic mass is 10.2. The minimum atomic E-state index is 0.515. The van der Waals surface area contributed by atoms with Gasteiger partial charge in [0.25, 0.3) is 0 Å². The van der Waals surface area contributed by atoms with Gasteiger partial charge in [-0.05, 0) is 32.0 Å². The molecule has 4 heteroatoms. The lowest BCUT2D eigenvalue weighted by Crippen LogP contribution is -2.52. The molecule has 2 aliphatic heterocycles. The Balaban J connectivity index is 1.92. The number of nitrogens with zero attached hydrogens (tertiary/aromatic N) is 4. The number of likely N-dealkylation sites (tertiary alicyclic amines) is 1. The molecule has 2 fully saturated rings. The molecule has 1 aromatic heterocycles. The highest BCUT2D eigenvalue weighted by Gasteiger charge is 2.39. The van der Waals surface area contributed by atoms with Crippen LogP contribution in [0.5, 0.6) is 0 Å². The van der Waals surface area contributed by atoms with Crippen molar-refractivity contribution in [2.75, 3.05) is 25.0 Å². The number of piperazine rings is 1. The molecule has 17 heavy (non-hydrogen) atoms. The van der Waals surface area contributed by atoms with Gasteiger partial charge in [-0.1, -0.05) is 6.07 Å². The summed E-state index contributed by atoms with van der Waals surface area (Å²) in [5.41, 5.74) is 0.515. The Morgan fingerprint density at radius 2 is 2.00 bits per heavy atom. The summed E-state index contributed by atoms with van der Waals surface area (Å²) >= 11 is 0. The Kier molecular flexibility index (Phi) is 2.49. The van der Waals surface area contributed by atoms with Crippen LogP contribution in [0.25, 0.3) is 0 Å². The van der Waals surface area contributed by atoms with Gasteiger partial charge in [-0.2, -0.15) is 5.26 Å². The van der Waals surface area contributed by atoms with Gasteiger partial charge in [0.15, 0.2) is 0 Å². The van der Waals surface area contributed by atoms with Crippen molar-refractivity contribution in [1.82, 2.24) is 9.88 Å². The van der Waals surface area contributed by atoms with Crippen LogP contribution in [0, 0.1) is 11.3 Å². The van der Waals surface area contributed by atoms with Crippen LogP contribution in [-0.4, -0.2) is 42.1 Å². The molecule has 0 N–H and O–H groups in total. The second-order valence-corrected chi connectivity index (χ2v) is 5.01. The quantitative estimate of drug-likeness (QED) is 0.725. The van der Waals surface area contributed by atoms with Gasteiger partial charge in [-0.25, -0.2) is 4.98 Å². The minimum Gasteiger partial charge on any atom is -0.348 e. The van der Waals surface area contributed by atoms with Crippen molar-refractivity contribution in [2.45, 2.75) is 24.9 Å². The summed E-state index contributed by atoms with van der Waals surface area (Å²) < 4.78 is 0. The Labute approximate surface area is 101 Å². The van der Waals surface area contributed by atoms with E-state index in [1.807, 2.05) is 12.1 Å². The second kappa shape index (κ2) is 4.01. The summed E-state index contributed by atoms with van der Waals surface area (Å²) in [6.07, 6.45) is 2.49. The zero-order chi connectivity index (χ0) is 11.8. The highest BCUT2D eigenvalue weighted by Crippen LogP contribution is 2.33. The molecule has 0 radical (unpaired) electrons. The highest BCUT2D eigenvalue weighted by molar-refractivity contribution is 5.46. The van der Waals surface area contributed by atoms with Crippen molar-refractivity contribution in [3.8, 4) is 6.07 Å². The van der Waals surface area contributed by atoms with Crippen molar-refractivity contribution >= 4 is 5.82 Å². The molecular formula is C13H16N4. The summed E-state index contributed by atoms with van der Waals surface area (Å²) in [6.45, 7) is 2.21. The number of pyridine rings is 1. The molecule has 1 aromatic rings. The first kappa shape index (κ1) is 10.5. The Hall–Kier alpha value is -1.60. The lowest BCUT2D eigenvalue weighted by Gasteiger charge is -2.40. The molecule has 2 bridgehead atoms. The van der Waals surface area contributed by atoms with Crippen LogP contribution in [0.3, 0.4) is 0 Å². The number of fused-ring (bicyclic) bond motifs is 2. The Morgan fingerprint density at radius 3 is 2.65 bits per heavy atom. The largest absolute Gasteiger partial charge is 0.348 e. The predicted molar refractivity (Wildman–Crippen MR) is 65.7 cm³/mol. The smallest absolute Gasteiger partial charge is 0.142 e. The third-order valence-corrected chi connectivity index (χ3v) is 3.78. The van der Waals surface area contributed by atoms with E-state index < -0.39 is 0 Å². The van der Waals surface area contributed by atoms with E-state index >= 15 is 0 Å². The van der Waals surface area contributed by atoms with E-state index in [9.17, 15) is 0 Å². The van der Waals surface area contributed by atoms with E-state index in [-0.39, 0.29) is 0 Å². The molecule has 2 saturated heterocycles. The van der Waals surface area contributed by atoms with Crippen molar-refractivity contribution < 1.29 is 0 Å². The molecular weight excluding hydrogens is 212 g/mol. The predicted octanol–water partition coefficient (Wildman–Crippen LogP) is 1.24. The SMILES string of the molecule is CN1CC2CC[C@H](C1)N2c1cccc(C#N)n1. The fourth-order valence-electron chi connectivity index (χ4n) is 3.12. The maximum Gasteiger partial charge on any atom is 0.142 e. The number of nitriles is 1. The molecule has 2 aliphatic rings. The number of hydrogen-bond donors (Lipinski definition) is 0. The van der Waals surface area contributed by atoms with E-state index in [4.69, 9.17) is 5.26 Å². The second-order valence-electron chi connectivity index (χ2n) is 5.01. The average molecular weight is 228 g/mol. The maximum atomic E-state index is 8.91. The third kappa shape index (κ3) is 1.77. The standard InChI is InChI=1S/C13H16N4/c1-16-8-11-5-6-12(9-16)17(11)13-4-2-3-10(7-14)15-13/h2-4,11-12H,5-6,8-9H2,1H3/t11-,12?/m1/s1. The summed E-state index contributed by atoms with van der Waals surface area (Å²) in [5, 5.41) is 8.91. The van der Waals surface area contributed by atoms with Crippen molar-refractivity contribution in [3.63, 3.8) is 0 Å². The molecule has 2 atom stereocenters. The van der Waals surface area contributed by atoms with Gasteiger partial charge in [0.2, 0.25) is 0 Å². The molecule has 4 nitrogen and oxygen atoms in total. The first-order chi connectivity index (χ1) is 8.28. The topological polar surface area (TPSA) is 43.2 Å². The zero-order valence-electron chi connectivity index (χ0n) is 10.0. The van der Waals surface area contributed by atoms with Crippen LogP contribution in [0.4, 0.5) is 5.82 Å². The van der Waals surface area contributed by atoms with Crippen LogP contribution in [-0.2, 0) is 0 Å². The lowest BCUT2D eigenvalue weighted by molar-refractivity contribution is 0.264. The van der Waals surface area contributed by atoms with E-state index in [1.54, 1.807) is 6.07 Å². The van der Waals surface area contributed by atoms with Gasteiger partial charge in [-0.3, -0.25) is 0 Å². The average Bonchev–Trinajstić information content (AvgIpc) is 2.62. The van der Waals surface area contributed by atoms with Gasteiger partial charge in [0.05, 0.1) is 0 Å². The van der Waals surface area contributed by atoms with Crippen molar-refractivity contribution in [1.29, 1.82) is 5.26 Å². The Bertz CT molecular complexity index is 451. The van der Waals surface area contributed by atoms with Gasteiger partial charge >= 0.3 is 0 Å². The molecule has 1 unspecified atom stereocenters. The molecule has 3 rings (SSSR count). The minimum absolute atomic E-state index is 0.515. The van der Waals surface area contributed by atoms with Crippen molar-refractivity contribution in [3.05, 3.63) is 23.9 Å². The maximum absolute atomic E-state index is 8.91. The fourth-order valence-corrected chi connectivity index (χ4v) is 3.12. The number of anilines is 1. The van der Waals surface area contributed by atoms with Gasteiger partial charge in [0.1, 0.15) is 17.6 Å². The van der Waals surface area contributed by atoms with Crippen LogP contribution in [0.2, 0.25) is 0 Å². The molecule has 3 heterocycles. The molecule has 0 saturated carbocycles. The van der Waals surface area contributed by atoms with Crippen LogP contribution >= 0.6 is 0 Å². The van der Waals surface area contributed by atoms with Crippen LogP contribution < -0.4 is 4.90 Å². The molecule has 0 amide bonds. The fraction of sp³-hybridized carbons (Fsp3) is 0.538. The number of rotatable bonds is 1. The zero-order valence-corrected chi connectivity index (χ0v) is 10.0. The molecule has 0 aromatic carbocycles. The molecule has 0 aliphatic carbocycles. The first-order valence-electron chi connectivity index (χ1n) is 6.12. The van der Waals surface area contributed by atoms with Gasteiger partial charge in [-0.15, -0.1) is 0 Å². The number of hydrogen-bond acceptors (Lipinski definition) is 4. The van der Waals surface area contributed by atoms with E-state index in [0.29, 0.717) is 17.8 Å². The van der Waals surface area contributed by atoms with Gasteiger partial charge in [0, 0.05) is 25.2 Å². The van der Waals surface area contributed by atoms with E-state index in [2.05, 4.69) is 27.9 Å².